The average molecular weight is 407 g/mol. The van der Waals surface area contributed by atoms with Crippen LogP contribution in [0.5, 0.6) is 5.75 Å². The van der Waals surface area contributed by atoms with Crippen LogP contribution in [0, 0.1) is 0 Å². The molecular weight excluding hydrogens is 384 g/mol. The van der Waals surface area contributed by atoms with Crippen molar-refractivity contribution >= 4 is 28.5 Å². The number of thioether (sulfide) groups is 1. The predicted molar refractivity (Wildman–Crippen MR) is 114 cm³/mol. The Balaban J connectivity index is 1.54. The van der Waals surface area contributed by atoms with E-state index < -0.39 is 6.17 Å². The van der Waals surface area contributed by atoms with Gasteiger partial charge in [0, 0.05) is 5.22 Å². The van der Waals surface area contributed by atoms with E-state index in [1.807, 2.05) is 54.8 Å². The Morgan fingerprint density at radius 3 is 2.62 bits per heavy atom. The van der Waals surface area contributed by atoms with E-state index in [4.69, 9.17) is 9.73 Å². The van der Waals surface area contributed by atoms with Crippen LogP contribution >= 0.6 is 11.8 Å². The number of hydrogen-bond acceptors (Lipinski definition) is 6. The molecule has 1 fully saturated rings. The maximum atomic E-state index is 12.8. The van der Waals surface area contributed by atoms with E-state index in [9.17, 15) is 4.79 Å². The van der Waals surface area contributed by atoms with Gasteiger partial charge in [0.15, 0.2) is 11.3 Å². The fourth-order valence-corrected chi connectivity index (χ4v) is 4.42. The predicted octanol–water partition coefficient (Wildman–Crippen LogP) is 2.51. The number of nitrogens with zero attached hydrogens (tertiary/aromatic N) is 3. The van der Waals surface area contributed by atoms with E-state index in [2.05, 4.69) is 10.4 Å². The van der Waals surface area contributed by atoms with Crippen molar-refractivity contribution in [2.75, 3.05) is 6.26 Å². The Hall–Kier alpha value is -2.80. The number of hydrogen-bond donors (Lipinski definition) is 1. The van der Waals surface area contributed by atoms with Gasteiger partial charge in [0.05, 0.1) is 11.5 Å². The summed E-state index contributed by atoms with van der Waals surface area (Å²) in [5.74, 6) is 0.726. The van der Waals surface area contributed by atoms with Crippen molar-refractivity contribution in [1.29, 1.82) is 0 Å². The number of para-hydroxylation sites is 1. The summed E-state index contributed by atoms with van der Waals surface area (Å²) in [6, 6.07) is 15.7. The van der Waals surface area contributed by atoms with Gasteiger partial charge in [0.25, 0.3) is 5.91 Å². The van der Waals surface area contributed by atoms with Crippen molar-refractivity contribution in [3.63, 3.8) is 0 Å². The third-order valence-electron chi connectivity index (χ3n) is 5.49. The highest BCUT2D eigenvalue weighted by Gasteiger charge is 2.34. The van der Waals surface area contributed by atoms with Gasteiger partial charge < -0.3 is 4.74 Å². The Morgan fingerprint density at radius 2 is 1.86 bits per heavy atom. The van der Waals surface area contributed by atoms with Crippen molar-refractivity contribution in [3.8, 4) is 5.75 Å². The van der Waals surface area contributed by atoms with Gasteiger partial charge in [-0.05, 0) is 55.7 Å². The number of hydrazone groups is 1. The van der Waals surface area contributed by atoms with E-state index in [-0.39, 0.29) is 5.91 Å². The average Bonchev–Trinajstić information content (AvgIpc) is 3.26. The molecule has 7 heteroatoms. The van der Waals surface area contributed by atoms with Crippen molar-refractivity contribution in [2.24, 2.45) is 10.1 Å². The molecule has 0 spiro atoms. The summed E-state index contributed by atoms with van der Waals surface area (Å²) in [5.41, 5.74) is 1.50. The van der Waals surface area contributed by atoms with E-state index in [0.717, 1.165) is 34.7 Å². The van der Waals surface area contributed by atoms with E-state index in [1.165, 1.54) is 24.6 Å². The number of amidine groups is 1. The molecule has 2 aromatic rings. The largest absolute Gasteiger partial charge is 0.490 e. The maximum absolute atomic E-state index is 12.8. The van der Waals surface area contributed by atoms with E-state index in [0.29, 0.717) is 17.0 Å². The molecule has 1 aliphatic carbocycles. The van der Waals surface area contributed by atoms with Crippen molar-refractivity contribution < 1.29 is 9.53 Å². The third-order valence-corrected chi connectivity index (χ3v) is 6.06. The summed E-state index contributed by atoms with van der Waals surface area (Å²) in [5, 5.41) is 11.4. The lowest BCUT2D eigenvalue weighted by Gasteiger charge is -2.33. The number of carbonyl (C=O) groups excluding carboxylic acids is 1. The molecule has 1 atom stereocenters. The fourth-order valence-electron chi connectivity index (χ4n) is 4.05. The number of rotatable bonds is 3. The highest BCUT2D eigenvalue weighted by molar-refractivity contribution is 8.13. The van der Waals surface area contributed by atoms with Gasteiger partial charge in [-0.15, -0.1) is 5.10 Å². The lowest BCUT2D eigenvalue weighted by Crippen LogP contribution is -2.50. The van der Waals surface area contributed by atoms with Gasteiger partial charge in [-0.2, -0.15) is 0 Å². The van der Waals surface area contributed by atoms with Gasteiger partial charge in [-0.1, -0.05) is 42.1 Å². The molecule has 0 bridgehead atoms. The molecule has 1 N–H and O–H groups in total. The maximum Gasteiger partial charge on any atom is 0.276 e. The molecular formula is C22H22N4O2S. The first kappa shape index (κ1) is 18.2. The number of fused-ring (bicyclic) bond motifs is 2. The zero-order valence-electron chi connectivity index (χ0n) is 16.2. The second kappa shape index (κ2) is 7.55. The van der Waals surface area contributed by atoms with Crippen molar-refractivity contribution in [2.45, 2.75) is 38.0 Å². The fraction of sp³-hybridized carbons (Fsp3) is 0.318. The van der Waals surface area contributed by atoms with Crippen LogP contribution in [0.25, 0.3) is 5.70 Å². The van der Waals surface area contributed by atoms with Gasteiger partial charge in [-0.25, -0.2) is 5.01 Å². The molecule has 0 unspecified atom stereocenters. The summed E-state index contributed by atoms with van der Waals surface area (Å²) >= 11 is 1.41. The molecule has 5 rings (SSSR count). The summed E-state index contributed by atoms with van der Waals surface area (Å²) in [6.07, 6.45) is 6.57. The first-order valence-corrected chi connectivity index (χ1v) is 11.1. The minimum absolute atomic E-state index is 0.155. The smallest absolute Gasteiger partial charge is 0.276 e. The van der Waals surface area contributed by atoms with Crippen LogP contribution in [0.15, 0.2) is 58.6 Å². The molecule has 1 amide bonds. The van der Waals surface area contributed by atoms with Crippen LogP contribution in [0.1, 0.15) is 37.4 Å². The van der Waals surface area contributed by atoms with Crippen LogP contribution in [0.2, 0.25) is 0 Å². The summed E-state index contributed by atoms with van der Waals surface area (Å²) < 4.78 is 6.09. The van der Waals surface area contributed by atoms with E-state index in [1.54, 1.807) is 5.01 Å². The lowest BCUT2D eigenvalue weighted by molar-refractivity contribution is -0.116. The Kier molecular flexibility index (Phi) is 4.75. The van der Waals surface area contributed by atoms with Crippen molar-refractivity contribution in [3.05, 3.63) is 64.7 Å². The lowest BCUT2D eigenvalue weighted by atomic mass is 10.1. The number of ether oxygens (including phenoxy) is 1. The minimum atomic E-state index is -0.395. The molecule has 6 nitrogen and oxygen atoms in total. The molecule has 148 valence electrons. The topological polar surface area (TPSA) is 66.3 Å². The first-order chi connectivity index (χ1) is 14.2. The van der Waals surface area contributed by atoms with Crippen LogP contribution < -0.4 is 20.6 Å². The molecule has 0 radical (unpaired) electrons. The molecule has 29 heavy (non-hydrogen) atoms. The van der Waals surface area contributed by atoms with Crippen LogP contribution in [-0.4, -0.2) is 28.4 Å². The highest BCUT2D eigenvalue weighted by Crippen LogP contribution is 2.32. The van der Waals surface area contributed by atoms with Gasteiger partial charge >= 0.3 is 0 Å². The quantitative estimate of drug-likeness (QED) is 0.851. The summed E-state index contributed by atoms with van der Waals surface area (Å²) in [7, 11) is 0. The molecule has 2 aliphatic heterocycles. The first-order valence-electron chi connectivity index (χ1n) is 9.90. The minimum Gasteiger partial charge on any atom is -0.490 e. The standard InChI is InChI=1S/C22H22N4O2S/c1-29-22-24-21(27)19-17-8-4-5-9-18(17)23-20(26(19)25-22)14-10-12-16(13-11-14)28-15-6-2-3-7-15/h4-5,8-13,15,20H,2-3,6-7H2,1H3,(H,24,25,27)/t20-/m0/s1. The third kappa shape index (κ3) is 3.40. The van der Waals surface area contributed by atoms with Gasteiger partial charge in [-0.3, -0.25) is 15.1 Å². The van der Waals surface area contributed by atoms with Crippen LogP contribution in [-0.2, 0) is 4.79 Å². The zero-order chi connectivity index (χ0) is 19.8. The molecule has 1 saturated carbocycles. The second-order valence-electron chi connectivity index (χ2n) is 7.37. The number of nitrogens with one attached hydrogen (secondary N) is 1. The molecule has 2 aromatic carbocycles. The molecule has 0 aromatic heterocycles. The normalized spacial score (nSPS) is 21.1. The second-order valence-corrected chi connectivity index (χ2v) is 8.16. The Labute approximate surface area is 173 Å². The van der Waals surface area contributed by atoms with Crippen LogP contribution in [0.3, 0.4) is 0 Å². The van der Waals surface area contributed by atoms with Crippen LogP contribution in [0.4, 0.5) is 0 Å². The van der Waals surface area contributed by atoms with E-state index >= 15 is 0 Å². The number of carbonyl (C=O) groups is 1. The van der Waals surface area contributed by atoms with Gasteiger partial charge in [0.2, 0.25) is 0 Å². The Morgan fingerprint density at radius 1 is 1.10 bits per heavy atom. The van der Waals surface area contributed by atoms with Crippen molar-refractivity contribution in [1.82, 2.24) is 10.3 Å². The molecule has 3 aliphatic rings. The molecule has 2 heterocycles. The summed E-state index contributed by atoms with van der Waals surface area (Å²) in [4.78, 5) is 17.7. The zero-order valence-corrected chi connectivity index (χ0v) is 17.0. The Bertz CT molecular complexity index is 1090. The SMILES string of the molecule is CSC1=NN2C(=c3ccccc3=N[C@@H]2c2ccc(OC3CCCC3)cc2)C(=O)N1. The highest BCUT2D eigenvalue weighted by atomic mass is 32.2. The van der Waals surface area contributed by atoms with Gasteiger partial charge in [0.1, 0.15) is 11.4 Å². The number of benzene rings is 2. The summed E-state index contributed by atoms with van der Waals surface area (Å²) in [6.45, 7) is 0. The number of amides is 1. The molecule has 0 saturated heterocycles. The monoisotopic (exact) mass is 406 g/mol.